The van der Waals surface area contributed by atoms with Gasteiger partial charge in [-0.25, -0.2) is 0 Å². The molecule has 4 nitrogen and oxygen atoms in total. The molecular weight excluding hydrogens is 244 g/mol. The Morgan fingerprint density at radius 3 is 2.84 bits per heavy atom. The lowest BCUT2D eigenvalue weighted by atomic mass is 9.51. The highest BCUT2D eigenvalue weighted by atomic mass is 16.7. The fourth-order valence-electron chi connectivity index (χ4n) is 5.08. The van der Waals surface area contributed by atoms with Crippen molar-refractivity contribution in [3.05, 3.63) is 12.2 Å². The normalized spacial score (nSPS) is 63.3. The number of rotatable bonds is 0. The Kier molecular flexibility index (Phi) is 2.11. The molecule has 4 aliphatic rings. The standard InChI is InChI=1S/C15H22O4/c1-8-5-4-6-10-11(16)15(17)14(9(2)7-18-15)12(19-14)13(8,10)3/h8,10-12,16-17H,2,4-7H2,1,3H3/t8-,10-,11+,12-,13+,14-,15-/m0/s1. The summed E-state index contributed by atoms with van der Waals surface area (Å²) >= 11 is 0. The largest absolute Gasteiger partial charge is 0.387 e. The highest BCUT2D eigenvalue weighted by Gasteiger charge is 2.86. The van der Waals surface area contributed by atoms with E-state index < -0.39 is 17.5 Å². The zero-order valence-electron chi connectivity index (χ0n) is 11.6. The van der Waals surface area contributed by atoms with Crippen molar-refractivity contribution in [3.8, 4) is 0 Å². The molecule has 2 aliphatic carbocycles. The van der Waals surface area contributed by atoms with E-state index in [0.29, 0.717) is 5.92 Å². The molecule has 7 atom stereocenters. The van der Waals surface area contributed by atoms with Gasteiger partial charge >= 0.3 is 0 Å². The number of hydrogen-bond donors (Lipinski definition) is 2. The van der Waals surface area contributed by atoms with Gasteiger partial charge in [0, 0.05) is 5.41 Å². The molecule has 0 bridgehead atoms. The second-order valence-corrected chi connectivity index (χ2v) is 7.07. The van der Waals surface area contributed by atoms with Crippen LogP contribution in [0.1, 0.15) is 33.1 Å². The third-order valence-electron chi connectivity index (χ3n) is 6.50. The zero-order chi connectivity index (χ0) is 13.6. The highest BCUT2D eigenvalue weighted by Crippen LogP contribution is 2.71. The van der Waals surface area contributed by atoms with Crippen LogP contribution in [-0.2, 0) is 9.47 Å². The van der Waals surface area contributed by atoms with Crippen LogP contribution in [0, 0.1) is 17.3 Å². The molecule has 0 aromatic carbocycles. The van der Waals surface area contributed by atoms with Crippen LogP contribution in [0.4, 0.5) is 0 Å². The monoisotopic (exact) mass is 266 g/mol. The molecule has 1 spiro atoms. The average Bonchev–Trinajstić information content (AvgIpc) is 3.09. The van der Waals surface area contributed by atoms with Gasteiger partial charge in [-0.15, -0.1) is 0 Å². The predicted octanol–water partition coefficient (Wildman–Crippen LogP) is 1.22. The summed E-state index contributed by atoms with van der Waals surface area (Å²) < 4.78 is 11.5. The van der Waals surface area contributed by atoms with Crippen LogP contribution >= 0.6 is 0 Å². The second kappa shape index (κ2) is 3.25. The van der Waals surface area contributed by atoms with Gasteiger partial charge in [-0.05, 0) is 23.8 Å². The Morgan fingerprint density at radius 2 is 2.11 bits per heavy atom. The van der Waals surface area contributed by atoms with Crippen LogP contribution in [0.15, 0.2) is 12.2 Å². The van der Waals surface area contributed by atoms with Crippen LogP contribution in [0.5, 0.6) is 0 Å². The lowest BCUT2D eigenvalue weighted by Crippen LogP contribution is -2.66. The molecule has 0 aromatic rings. The van der Waals surface area contributed by atoms with Crippen LogP contribution in [0.2, 0.25) is 0 Å². The van der Waals surface area contributed by atoms with E-state index in [1.54, 1.807) is 0 Å². The fourth-order valence-corrected chi connectivity index (χ4v) is 5.08. The number of epoxide rings is 1. The second-order valence-electron chi connectivity index (χ2n) is 7.07. The molecule has 2 saturated heterocycles. The smallest absolute Gasteiger partial charge is 0.229 e. The van der Waals surface area contributed by atoms with Crippen molar-refractivity contribution in [3.63, 3.8) is 0 Å². The molecule has 106 valence electrons. The van der Waals surface area contributed by atoms with Crippen molar-refractivity contribution < 1.29 is 19.7 Å². The minimum absolute atomic E-state index is 0.0350. The van der Waals surface area contributed by atoms with E-state index in [-0.39, 0.29) is 24.0 Å². The van der Waals surface area contributed by atoms with Crippen molar-refractivity contribution in [2.75, 3.05) is 6.61 Å². The Balaban J connectivity index is 1.86. The molecule has 4 heteroatoms. The molecule has 2 heterocycles. The minimum atomic E-state index is -1.59. The summed E-state index contributed by atoms with van der Waals surface area (Å²) in [4.78, 5) is 0. The first-order valence-electron chi connectivity index (χ1n) is 7.29. The van der Waals surface area contributed by atoms with E-state index in [1.807, 2.05) is 0 Å². The third kappa shape index (κ3) is 1.06. The molecule has 2 aliphatic heterocycles. The van der Waals surface area contributed by atoms with Crippen LogP contribution in [0.3, 0.4) is 0 Å². The maximum Gasteiger partial charge on any atom is 0.229 e. The first-order valence-corrected chi connectivity index (χ1v) is 7.29. The van der Waals surface area contributed by atoms with E-state index in [2.05, 4.69) is 20.4 Å². The molecule has 0 radical (unpaired) electrons. The lowest BCUT2D eigenvalue weighted by Gasteiger charge is -2.54. The summed E-state index contributed by atoms with van der Waals surface area (Å²) in [6, 6.07) is 0. The molecule has 0 aromatic heterocycles. The van der Waals surface area contributed by atoms with Gasteiger partial charge in [0.25, 0.3) is 0 Å². The summed E-state index contributed by atoms with van der Waals surface area (Å²) in [5.41, 5.74) is -0.180. The summed E-state index contributed by atoms with van der Waals surface area (Å²) in [6.07, 6.45) is 2.22. The number of aliphatic hydroxyl groups is 2. The number of ether oxygens (including phenoxy) is 2. The SMILES string of the molecule is C=C1CO[C@@]2(O)[C@H](O)[C@@H]3CCC[C@H](C)[C@@]3(C)[C@@H]3O[C@@]132. The Labute approximate surface area is 113 Å². The maximum absolute atomic E-state index is 10.8. The Hall–Kier alpha value is -0.420. The van der Waals surface area contributed by atoms with E-state index in [9.17, 15) is 10.2 Å². The first kappa shape index (κ1) is 12.3. The van der Waals surface area contributed by atoms with Gasteiger partial charge in [0.1, 0.15) is 12.2 Å². The molecular formula is C15H22O4. The van der Waals surface area contributed by atoms with Gasteiger partial charge < -0.3 is 19.7 Å². The summed E-state index contributed by atoms with van der Waals surface area (Å²) in [6.45, 7) is 8.72. The summed E-state index contributed by atoms with van der Waals surface area (Å²) in [7, 11) is 0. The highest BCUT2D eigenvalue weighted by molar-refractivity contribution is 5.41. The molecule has 4 fully saturated rings. The predicted molar refractivity (Wildman–Crippen MR) is 68.3 cm³/mol. The molecule has 2 N–H and O–H groups in total. The van der Waals surface area contributed by atoms with Crippen molar-refractivity contribution in [2.45, 2.75) is 56.7 Å². The van der Waals surface area contributed by atoms with E-state index >= 15 is 0 Å². The third-order valence-corrected chi connectivity index (χ3v) is 6.50. The Bertz CT molecular complexity index is 463. The Morgan fingerprint density at radius 1 is 1.37 bits per heavy atom. The van der Waals surface area contributed by atoms with E-state index in [4.69, 9.17) is 9.47 Å². The maximum atomic E-state index is 10.8. The summed E-state index contributed by atoms with van der Waals surface area (Å²) in [5, 5.41) is 21.6. The van der Waals surface area contributed by atoms with Crippen LogP contribution in [-0.4, -0.2) is 40.4 Å². The van der Waals surface area contributed by atoms with Crippen LogP contribution in [0.25, 0.3) is 0 Å². The van der Waals surface area contributed by atoms with Crippen molar-refractivity contribution in [2.24, 2.45) is 17.3 Å². The number of hydrogen-bond acceptors (Lipinski definition) is 4. The number of aliphatic hydroxyl groups excluding tert-OH is 1. The van der Waals surface area contributed by atoms with E-state index in [0.717, 1.165) is 24.8 Å². The van der Waals surface area contributed by atoms with Crippen LogP contribution < -0.4 is 0 Å². The van der Waals surface area contributed by atoms with Gasteiger partial charge in [-0.3, -0.25) is 0 Å². The topological polar surface area (TPSA) is 62.2 Å². The average molecular weight is 266 g/mol. The van der Waals surface area contributed by atoms with Gasteiger partial charge in [0.2, 0.25) is 5.79 Å². The van der Waals surface area contributed by atoms with Gasteiger partial charge in [-0.2, -0.15) is 0 Å². The van der Waals surface area contributed by atoms with Crippen molar-refractivity contribution in [1.82, 2.24) is 0 Å². The number of fused-ring (bicyclic) bond motifs is 2. The van der Waals surface area contributed by atoms with Gasteiger partial charge in [-0.1, -0.05) is 33.3 Å². The molecule has 0 unspecified atom stereocenters. The van der Waals surface area contributed by atoms with Gasteiger partial charge in [0.15, 0.2) is 5.60 Å². The zero-order valence-corrected chi connectivity index (χ0v) is 11.6. The first-order chi connectivity index (χ1) is 8.89. The quantitative estimate of drug-likeness (QED) is 0.511. The molecule has 4 rings (SSSR count). The molecule has 0 amide bonds. The fraction of sp³-hybridized carbons (Fsp3) is 0.867. The van der Waals surface area contributed by atoms with Gasteiger partial charge in [0.05, 0.1) is 6.61 Å². The van der Waals surface area contributed by atoms with E-state index in [1.165, 1.54) is 0 Å². The molecule has 2 saturated carbocycles. The molecule has 19 heavy (non-hydrogen) atoms. The minimum Gasteiger partial charge on any atom is -0.387 e. The van der Waals surface area contributed by atoms with Crippen molar-refractivity contribution >= 4 is 0 Å². The summed E-state index contributed by atoms with van der Waals surface area (Å²) in [5.74, 6) is -1.08. The van der Waals surface area contributed by atoms with Crippen molar-refractivity contribution in [1.29, 1.82) is 0 Å². The lowest BCUT2D eigenvalue weighted by molar-refractivity contribution is -0.288.